The van der Waals surface area contributed by atoms with E-state index in [-0.39, 0.29) is 24.0 Å². The van der Waals surface area contributed by atoms with Crippen molar-refractivity contribution in [2.75, 3.05) is 39.2 Å². The van der Waals surface area contributed by atoms with Gasteiger partial charge in [-0.05, 0) is 25.1 Å². The molecule has 1 aromatic heterocycles. The second-order valence-corrected chi connectivity index (χ2v) is 5.52. The minimum Gasteiger partial charge on any atom is -0.493 e. The van der Waals surface area contributed by atoms with Gasteiger partial charge in [0.2, 0.25) is 5.88 Å². The first-order valence-electron chi connectivity index (χ1n) is 8.19. The van der Waals surface area contributed by atoms with Crippen LogP contribution in [0.5, 0.6) is 17.4 Å². The Bertz CT molecular complexity index is 729. The number of rotatable bonds is 8. The quantitative estimate of drug-likeness (QED) is 0.245. The maximum absolute atomic E-state index is 5.79. The Morgan fingerprint density at radius 2 is 2.00 bits per heavy atom. The molecule has 1 aromatic carbocycles. The van der Waals surface area contributed by atoms with E-state index in [0.29, 0.717) is 48.1 Å². The fourth-order valence-corrected chi connectivity index (χ4v) is 2.22. The lowest BCUT2D eigenvalue weighted by atomic mass is 10.2. The smallest absolute Gasteiger partial charge is 0.213 e. The molecule has 0 unspecified atom stereocenters. The normalized spacial score (nSPS) is 10.6. The number of aromatic nitrogens is 1. The lowest BCUT2D eigenvalue weighted by molar-refractivity contribution is 0.310. The van der Waals surface area contributed by atoms with Gasteiger partial charge in [-0.1, -0.05) is 11.6 Å². The van der Waals surface area contributed by atoms with Crippen molar-refractivity contribution in [1.82, 2.24) is 10.3 Å². The van der Waals surface area contributed by atoms with Gasteiger partial charge in [0.1, 0.15) is 6.61 Å². The molecule has 1 heterocycles. The zero-order chi connectivity index (χ0) is 18.8. The number of ether oxygens (including phenoxy) is 3. The molecule has 0 saturated heterocycles. The average Bonchev–Trinajstić information content (AvgIpc) is 2.66. The van der Waals surface area contributed by atoms with E-state index in [9.17, 15) is 0 Å². The van der Waals surface area contributed by atoms with Crippen LogP contribution in [0, 0.1) is 0 Å². The molecule has 0 saturated carbocycles. The van der Waals surface area contributed by atoms with Crippen molar-refractivity contribution in [3.05, 3.63) is 41.6 Å². The molecule has 0 fully saturated rings. The van der Waals surface area contributed by atoms with E-state index in [1.54, 1.807) is 32.5 Å². The molecule has 148 valence electrons. The Hall–Kier alpha value is -1.94. The maximum atomic E-state index is 5.79. The fraction of sp³-hybridized carbons (Fsp3) is 0.333. The molecule has 0 bridgehead atoms. The number of pyridine rings is 1. The first-order valence-corrected chi connectivity index (χ1v) is 8.57. The Kier molecular flexibility index (Phi) is 10.6. The standard InChI is InChI=1S/C18H23ClN4O3.HI/c1-4-25-15-7-6-14(11-16(15)24-3)23-18(20-2)21-9-10-26-17-8-5-13(19)12-22-17;/h5-8,11-12H,4,9-10H2,1-3H3,(H2,20,21,23);1H. The van der Waals surface area contributed by atoms with E-state index in [2.05, 4.69) is 20.6 Å². The highest BCUT2D eigenvalue weighted by atomic mass is 127. The number of benzene rings is 1. The molecule has 9 heteroatoms. The summed E-state index contributed by atoms with van der Waals surface area (Å²) in [5.41, 5.74) is 0.832. The van der Waals surface area contributed by atoms with E-state index in [0.717, 1.165) is 5.69 Å². The zero-order valence-electron chi connectivity index (χ0n) is 15.5. The third-order valence-electron chi connectivity index (χ3n) is 3.29. The average molecular weight is 507 g/mol. The van der Waals surface area contributed by atoms with Gasteiger partial charge in [0.05, 0.1) is 25.3 Å². The number of halogens is 2. The molecule has 0 spiro atoms. The summed E-state index contributed by atoms with van der Waals surface area (Å²) in [5, 5.41) is 6.93. The number of hydrogen-bond donors (Lipinski definition) is 2. The van der Waals surface area contributed by atoms with Crippen molar-refractivity contribution in [3.8, 4) is 17.4 Å². The Labute approximate surface area is 181 Å². The van der Waals surface area contributed by atoms with Gasteiger partial charge < -0.3 is 24.8 Å². The van der Waals surface area contributed by atoms with Crippen LogP contribution in [0.25, 0.3) is 0 Å². The minimum absolute atomic E-state index is 0. The molecule has 0 aliphatic rings. The van der Waals surface area contributed by atoms with Crippen LogP contribution in [-0.2, 0) is 0 Å². The van der Waals surface area contributed by atoms with E-state index in [1.165, 1.54) is 0 Å². The summed E-state index contributed by atoms with van der Waals surface area (Å²) in [6.07, 6.45) is 1.55. The van der Waals surface area contributed by atoms with Gasteiger partial charge in [0.25, 0.3) is 0 Å². The summed E-state index contributed by atoms with van der Waals surface area (Å²) in [7, 11) is 3.31. The highest BCUT2D eigenvalue weighted by molar-refractivity contribution is 14.0. The third kappa shape index (κ3) is 7.67. The summed E-state index contributed by atoms with van der Waals surface area (Å²) in [6.45, 7) is 3.49. The highest BCUT2D eigenvalue weighted by Crippen LogP contribution is 2.30. The van der Waals surface area contributed by atoms with Crippen molar-refractivity contribution in [2.45, 2.75) is 6.92 Å². The van der Waals surface area contributed by atoms with Crippen LogP contribution in [0.4, 0.5) is 5.69 Å². The Morgan fingerprint density at radius 3 is 2.63 bits per heavy atom. The zero-order valence-corrected chi connectivity index (χ0v) is 18.6. The molecular formula is C18H24ClIN4O3. The van der Waals surface area contributed by atoms with Gasteiger partial charge in [-0.3, -0.25) is 4.99 Å². The lowest BCUT2D eigenvalue weighted by Gasteiger charge is -2.14. The van der Waals surface area contributed by atoms with Gasteiger partial charge in [-0.25, -0.2) is 4.98 Å². The monoisotopic (exact) mass is 506 g/mol. The molecule has 2 aromatic rings. The molecule has 0 aliphatic heterocycles. The number of methoxy groups -OCH3 is 1. The maximum Gasteiger partial charge on any atom is 0.213 e. The number of guanidine groups is 1. The molecule has 0 atom stereocenters. The predicted octanol–water partition coefficient (Wildman–Crippen LogP) is 3.83. The Morgan fingerprint density at radius 1 is 1.19 bits per heavy atom. The first kappa shape index (κ1) is 23.1. The molecular weight excluding hydrogens is 483 g/mol. The Balaban J connectivity index is 0.00000364. The van der Waals surface area contributed by atoms with Gasteiger partial charge in [-0.2, -0.15) is 0 Å². The van der Waals surface area contributed by atoms with Crippen molar-refractivity contribution in [2.24, 2.45) is 4.99 Å². The van der Waals surface area contributed by atoms with Gasteiger partial charge >= 0.3 is 0 Å². The van der Waals surface area contributed by atoms with Crippen molar-refractivity contribution in [3.63, 3.8) is 0 Å². The molecule has 0 radical (unpaired) electrons. The van der Waals surface area contributed by atoms with Crippen LogP contribution >= 0.6 is 35.6 Å². The largest absolute Gasteiger partial charge is 0.493 e. The molecule has 27 heavy (non-hydrogen) atoms. The topological polar surface area (TPSA) is 77.0 Å². The number of nitrogens with zero attached hydrogens (tertiary/aromatic N) is 2. The highest BCUT2D eigenvalue weighted by Gasteiger charge is 2.07. The summed E-state index contributed by atoms with van der Waals surface area (Å²) in [4.78, 5) is 8.26. The van der Waals surface area contributed by atoms with Gasteiger partial charge in [-0.15, -0.1) is 24.0 Å². The lowest BCUT2D eigenvalue weighted by Crippen LogP contribution is -2.33. The predicted molar refractivity (Wildman–Crippen MR) is 119 cm³/mol. The van der Waals surface area contributed by atoms with E-state index < -0.39 is 0 Å². The van der Waals surface area contributed by atoms with Gasteiger partial charge in [0, 0.05) is 31.1 Å². The number of nitrogens with one attached hydrogen (secondary N) is 2. The minimum atomic E-state index is 0. The van der Waals surface area contributed by atoms with Crippen LogP contribution in [-0.4, -0.2) is 44.9 Å². The summed E-state index contributed by atoms with van der Waals surface area (Å²) >= 11 is 5.79. The summed E-state index contributed by atoms with van der Waals surface area (Å²) < 4.78 is 16.4. The van der Waals surface area contributed by atoms with Crippen molar-refractivity contribution in [1.29, 1.82) is 0 Å². The van der Waals surface area contributed by atoms with E-state index in [1.807, 2.05) is 25.1 Å². The molecule has 0 amide bonds. The van der Waals surface area contributed by atoms with Crippen LogP contribution in [0.2, 0.25) is 5.02 Å². The number of hydrogen-bond acceptors (Lipinski definition) is 5. The molecule has 7 nitrogen and oxygen atoms in total. The van der Waals surface area contributed by atoms with Crippen LogP contribution in [0.3, 0.4) is 0 Å². The first-order chi connectivity index (χ1) is 12.7. The summed E-state index contributed by atoms with van der Waals surface area (Å²) in [5.74, 6) is 2.50. The molecule has 2 rings (SSSR count). The fourth-order valence-electron chi connectivity index (χ4n) is 2.11. The third-order valence-corrected chi connectivity index (χ3v) is 3.52. The molecule has 2 N–H and O–H groups in total. The van der Waals surface area contributed by atoms with E-state index in [4.69, 9.17) is 25.8 Å². The van der Waals surface area contributed by atoms with Crippen LogP contribution < -0.4 is 24.8 Å². The second kappa shape index (κ2) is 12.4. The number of aliphatic imine (C=N–C) groups is 1. The van der Waals surface area contributed by atoms with Crippen LogP contribution in [0.1, 0.15) is 6.92 Å². The van der Waals surface area contributed by atoms with Crippen molar-refractivity contribution >= 4 is 47.2 Å². The van der Waals surface area contributed by atoms with Gasteiger partial charge in [0.15, 0.2) is 17.5 Å². The molecule has 0 aliphatic carbocycles. The SMILES string of the molecule is CCOc1ccc(NC(=NC)NCCOc2ccc(Cl)cn2)cc1OC.I. The number of anilines is 1. The van der Waals surface area contributed by atoms with Crippen LogP contribution in [0.15, 0.2) is 41.5 Å². The van der Waals surface area contributed by atoms with E-state index >= 15 is 0 Å². The summed E-state index contributed by atoms with van der Waals surface area (Å²) in [6, 6.07) is 9.06. The second-order valence-electron chi connectivity index (χ2n) is 5.09. The van der Waals surface area contributed by atoms with Crippen molar-refractivity contribution < 1.29 is 14.2 Å².